The Morgan fingerprint density at radius 2 is 1.82 bits per heavy atom. The van der Waals surface area contributed by atoms with E-state index in [2.05, 4.69) is 0 Å². The summed E-state index contributed by atoms with van der Waals surface area (Å²) in [5, 5.41) is 8.02. The van der Waals surface area contributed by atoms with Gasteiger partial charge in [-0.3, -0.25) is 13.8 Å². The highest BCUT2D eigenvalue weighted by atomic mass is 32.2. The van der Waals surface area contributed by atoms with Gasteiger partial charge in [0.25, 0.3) is 0 Å². The standard InChI is InChI=1S/C11H19NO4S/c1-8(2)10(11(14)15)17(16)7-9(13)12-5-3-4-6-12/h8,10H,3-7H2,1-2H3,(H,14,15). The maximum atomic E-state index is 11.9. The molecule has 0 aromatic rings. The molecule has 98 valence electrons. The van der Waals surface area contributed by atoms with Crippen molar-refractivity contribution in [2.45, 2.75) is 31.9 Å². The Morgan fingerprint density at radius 1 is 1.29 bits per heavy atom. The summed E-state index contributed by atoms with van der Waals surface area (Å²) in [5.74, 6) is -1.69. The van der Waals surface area contributed by atoms with Crippen LogP contribution in [0.4, 0.5) is 0 Å². The lowest BCUT2D eigenvalue weighted by Gasteiger charge is -2.18. The van der Waals surface area contributed by atoms with E-state index in [0.717, 1.165) is 12.8 Å². The SMILES string of the molecule is CC(C)C(C(=O)O)S(=O)CC(=O)N1CCCC1. The Morgan fingerprint density at radius 3 is 2.24 bits per heavy atom. The van der Waals surface area contributed by atoms with Crippen LogP contribution in [0.5, 0.6) is 0 Å². The summed E-state index contributed by atoms with van der Waals surface area (Å²) in [4.78, 5) is 24.4. The lowest BCUT2D eigenvalue weighted by Crippen LogP contribution is -2.38. The van der Waals surface area contributed by atoms with Crippen molar-refractivity contribution < 1.29 is 18.9 Å². The fourth-order valence-corrected chi connectivity index (χ4v) is 3.41. The number of hydrogen-bond donors (Lipinski definition) is 1. The highest BCUT2D eigenvalue weighted by Gasteiger charge is 2.31. The fourth-order valence-electron chi connectivity index (χ4n) is 1.97. The van der Waals surface area contributed by atoms with Crippen molar-refractivity contribution in [3.05, 3.63) is 0 Å². The number of carbonyl (C=O) groups is 2. The van der Waals surface area contributed by atoms with Gasteiger partial charge in [0.2, 0.25) is 5.91 Å². The highest BCUT2D eigenvalue weighted by Crippen LogP contribution is 2.13. The van der Waals surface area contributed by atoms with Gasteiger partial charge in [0.05, 0.1) is 0 Å². The van der Waals surface area contributed by atoms with E-state index in [1.54, 1.807) is 18.7 Å². The summed E-state index contributed by atoms with van der Waals surface area (Å²) < 4.78 is 11.9. The molecule has 5 nitrogen and oxygen atoms in total. The number of carboxylic acids is 1. The van der Waals surface area contributed by atoms with Gasteiger partial charge in [-0.15, -0.1) is 0 Å². The Labute approximate surface area is 104 Å². The van der Waals surface area contributed by atoms with Crippen molar-refractivity contribution in [2.24, 2.45) is 5.92 Å². The van der Waals surface area contributed by atoms with Gasteiger partial charge in [0.15, 0.2) is 0 Å². The Bertz CT molecular complexity index is 323. The maximum absolute atomic E-state index is 11.9. The Kier molecular flexibility index (Phi) is 5.11. The van der Waals surface area contributed by atoms with E-state index in [0.29, 0.717) is 13.1 Å². The van der Waals surface area contributed by atoms with Crippen LogP contribution in [0.15, 0.2) is 0 Å². The van der Waals surface area contributed by atoms with E-state index in [-0.39, 0.29) is 17.6 Å². The molecule has 1 N–H and O–H groups in total. The Hall–Kier alpha value is -0.910. The third-order valence-corrected chi connectivity index (χ3v) is 4.70. The average molecular weight is 261 g/mol. The summed E-state index contributed by atoms with van der Waals surface area (Å²) in [5.41, 5.74) is 0. The van der Waals surface area contributed by atoms with Crippen LogP contribution in [-0.4, -0.2) is 50.2 Å². The van der Waals surface area contributed by atoms with E-state index < -0.39 is 22.0 Å². The van der Waals surface area contributed by atoms with Crippen molar-refractivity contribution in [3.8, 4) is 0 Å². The number of carboxylic acid groups (broad SMARTS) is 1. The number of rotatable bonds is 5. The Balaban J connectivity index is 2.57. The van der Waals surface area contributed by atoms with Crippen molar-refractivity contribution in [2.75, 3.05) is 18.8 Å². The number of hydrogen-bond acceptors (Lipinski definition) is 3. The van der Waals surface area contributed by atoms with E-state index >= 15 is 0 Å². The molecule has 2 unspecified atom stereocenters. The van der Waals surface area contributed by atoms with E-state index in [9.17, 15) is 13.8 Å². The second kappa shape index (κ2) is 6.14. The molecule has 0 radical (unpaired) electrons. The van der Waals surface area contributed by atoms with E-state index in [4.69, 9.17) is 5.11 Å². The minimum Gasteiger partial charge on any atom is -0.480 e. The number of nitrogens with zero attached hydrogens (tertiary/aromatic N) is 1. The molecule has 0 bridgehead atoms. The van der Waals surface area contributed by atoms with Crippen molar-refractivity contribution in [1.82, 2.24) is 4.90 Å². The van der Waals surface area contributed by atoms with Gasteiger partial charge >= 0.3 is 5.97 Å². The highest BCUT2D eigenvalue weighted by molar-refractivity contribution is 7.87. The number of carbonyl (C=O) groups excluding carboxylic acids is 1. The van der Waals surface area contributed by atoms with Crippen molar-refractivity contribution in [1.29, 1.82) is 0 Å². The fraction of sp³-hybridized carbons (Fsp3) is 0.818. The molecule has 17 heavy (non-hydrogen) atoms. The smallest absolute Gasteiger partial charge is 0.319 e. The molecule has 1 aliphatic heterocycles. The van der Waals surface area contributed by atoms with Gasteiger partial charge in [-0.05, 0) is 18.8 Å². The summed E-state index contributed by atoms with van der Waals surface area (Å²) in [6.07, 6.45) is 1.95. The molecule has 0 aromatic heterocycles. The van der Waals surface area contributed by atoms with Crippen molar-refractivity contribution >= 4 is 22.7 Å². The van der Waals surface area contributed by atoms with Crippen LogP contribution >= 0.6 is 0 Å². The van der Waals surface area contributed by atoms with E-state index in [1.807, 2.05) is 0 Å². The molecule has 6 heteroatoms. The zero-order chi connectivity index (χ0) is 13.0. The number of amides is 1. The third-order valence-electron chi connectivity index (χ3n) is 2.86. The first-order valence-electron chi connectivity index (χ1n) is 5.81. The van der Waals surface area contributed by atoms with Crippen LogP contribution in [0.2, 0.25) is 0 Å². The van der Waals surface area contributed by atoms with Gasteiger partial charge in [-0.1, -0.05) is 13.8 Å². The third kappa shape index (κ3) is 3.80. The minimum atomic E-state index is -1.63. The first-order valence-corrected chi connectivity index (χ1v) is 7.19. The molecule has 1 rings (SSSR count). The quantitative estimate of drug-likeness (QED) is 0.780. The molecule has 2 atom stereocenters. The second-order valence-electron chi connectivity index (χ2n) is 4.62. The molecule has 1 aliphatic rings. The van der Waals surface area contributed by atoms with Crippen molar-refractivity contribution in [3.63, 3.8) is 0 Å². The molecule has 0 spiro atoms. The lowest BCUT2D eigenvalue weighted by molar-refractivity contribution is -0.137. The monoisotopic (exact) mass is 261 g/mol. The van der Waals surface area contributed by atoms with Gasteiger partial charge in [-0.25, -0.2) is 0 Å². The van der Waals surface area contributed by atoms with Crippen LogP contribution in [0.25, 0.3) is 0 Å². The maximum Gasteiger partial charge on any atom is 0.319 e. The lowest BCUT2D eigenvalue weighted by atomic mass is 10.1. The molecule has 0 saturated carbocycles. The summed E-state index contributed by atoms with van der Waals surface area (Å²) >= 11 is 0. The molecule has 1 amide bonds. The first-order chi connectivity index (χ1) is 7.93. The van der Waals surface area contributed by atoms with Gasteiger partial charge in [0, 0.05) is 23.9 Å². The molecular weight excluding hydrogens is 242 g/mol. The van der Waals surface area contributed by atoms with Gasteiger partial charge < -0.3 is 10.0 Å². The summed E-state index contributed by atoms with van der Waals surface area (Å²) in [6.45, 7) is 4.82. The van der Waals surface area contributed by atoms with Crippen LogP contribution in [-0.2, 0) is 20.4 Å². The molecule has 0 aliphatic carbocycles. The van der Waals surface area contributed by atoms with Gasteiger partial charge in [-0.2, -0.15) is 0 Å². The second-order valence-corrected chi connectivity index (χ2v) is 6.17. The zero-order valence-electron chi connectivity index (χ0n) is 10.2. The predicted molar refractivity (Wildman–Crippen MR) is 65.1 cm³/mol. The van der Waals surface area contributed by atoms with E-state index in [1.165, 1.54) is 0 Å². The first kappa shape index (κ1) is 14.2. The topological polar surface area (TPSA) is 74.7 Å². The van der Waals surface area contributed by atoms with Gasteiger partial charge in [0.1, 0.15) is 11.0 Å². The summed E-state index contributed by atoms with van der Waals surface area (Å²) in [7, 11) is -1.63. The molecule has 1 fully saturated rings. The molecule has 1 saturated heterocycles. The summed E-state index contributed by atoms with van der Waals surface area (Å²) in [6, 6.07) is 0. The molecule has 1 heterocycles. The average Bonchev–Trinajstić information content (AvgIpc) is 2.68. The minimum absolute atomic E-state index is 0.171. The largest absolute Gasteiger partial charge is 0.480 e. The van der Waals surface area contributed by atoms with Crippen LogP contribution < -0.4 is 0 Å². The number of aliphatic carboxylic acids is 1. The zero-order valence-corrected chi connectivity index (χ0v) is 11.0. The number of likely N-dealkylation sites (tertiary alicyclic amines) is 1. The van der Waals surface area contributed by atoms with Crippen LogP contribution in [0, 0.1) is 5.92 Å². The molecule has 0 aromatic carbocycles. The predicted octanol–water partition coefficient (Wildman–Crippen LogP) is 0.467. The molecular formula is C11H19NO4S. The van der Waals surface area contributed by atoms with Crippen LogP contribution in [0.1, 0.15) is 26.7 Å². The van der Waals surface area contributed by atoms with Crippen LogP contribution in [0.3, 0.4) is 0 Å². The normalized spacial score (nSPS) is 19.4.